The van der Waals surface area contributed by atoms with E-state index in [0.29, 0.717) is 18.0 Å². The van der Waals surface area contributed by atoms with Crippen LogP contribution in [0.3, 0.4) is 0 Å². The van der Waals surface area contributed by atoms with Crippen molar-refractivity contribution in [2.24, 2.45) is 0 Å². The van der Waals surface area contributed by atoms with Crippen molar-refractivity contribution in [1.82, 2.24) is 14.8 Å². The molecule has 0 radical (unpaired) electrons. The molecule has 0 fully saturated rings. The van der Waals surface area contributed by atoms with Gasteiger partial charge in [0.05, 0.1) is 23.1 Å². The molecular weight excluding hydrogens is 326 g/mol. The molecule has 0 spiro atoms. The molecule has 126 valence electrons. The molecule has 2 aromatic rings. The number of nitrogens with zero attached hydrogens (tertiary/aromatic N) is 3. The van der Waals surface area contributed by atoms with E-state index in [1.807, 2.05) is 23.6 Å². The maximum atomic E-state index is 12.7. The number of aromatic nitrogens is 1. The molecule has 2 amide bonds. The Hall–Kier alpha value is -2.25. The second-order valence-electron chi connectivity index (χ2n) is 5.75. The Morgan fingerprint density at radius 3 is 2.96 bits per heavy atom. The number of thiophene rings is 1. The number of likely N-dealkylation sites (N-methyl/N-ethyl adjacent to an activating group) is 1. The molecule has 0 saturated heterocycles. The summed E-state index contributed by atoms with van der Waals surface area (Å²) in [4.78, 5) is 33.7. The summed E-state index contributed by atoms with van der Waals surface area (Å²) in [5.74, 6) is -0.704. The van der Waals surface area contributed by atoms with Crippen LogP contribution in [0.2, 0.25) is 0 Å². The molecule has 2 aromatic heterocycles. The van der Waals surface area contributed by atoms with Gasteiger partial charge in [-0.15, -0.1) is 11.3 Å². The number of pyridine rings is 1. The summed E-state index contributed by atoms with van der Waals surface area (Å²) < 4.78 is 0. The molecule has 1 aliphatic rings. The zero-order chi connectivity index (χ0) is 17.1. The molecular formula is C17H19N3O3S. The molecule has 1 atom stereocenters. The fourth-order valence-corrected chi connectivity index (χ4v) is 3.60. The Labute approximate surface area is 144 Å². The highest BCUT2D eigenvalue weighted by molar-refractivity contribution is 7.12. The highest BCUT2D eigenvalue weighted by Crippen LogP contribution is 2.29. The fraction of sp³-hybridized carbons (Fsp3) is 0.353. The second-order valence-corrected chi connectivity index (χ2v) is 6.69. The van der Waals surface area contributed by atoms with Gasteiger partial charge in [0.25, 0.3) is 5.91 Å². The molecule has 0 bridgehead atoms. The lowest BCUT2D eigenvalue weighted by atomic mass is 9.93. The molecule has 1 aliphatic heterocycles. The first-order chi connectivity index (χ1) is 11.6. The minimum atomic E-state index is -0.504. The van der Waals surface area contributed by atoms with E-state index in [-0.39, 0.29) is 25.0 Å². The van der Waals surface area contributed by atoms with Crippen LogP contribution >= 0.6 is 11.3 Å². The third kappa shape index (κ3) is 3.18. The van der Waals surface area contributed by atoms with Gasteiger partial charge in [0, 0.05) is 32.9 Å². The van der Waals surface area contributed by atoms with E-state index < -0.39 is 5.92 Å². The highest BCUT2D eigenvalue weighted by Gasteiger charge is 2.35. The number of aliphatic hydroxyl groups is 1. The summed E-state index contributed by atoms with van der Waals surface area (Å²) in [7, 11) is 1.65. The normalized spacial score (nSPS) is 16.6. The first-order valence-corrected chi connectivity index (χ1v) is 8.62. The molecule has 3 rings (SSSR count). The Kier molecular flexibility index (Phi) is 4.92. The summed E-state index contributed by atoms with van der Waals surface area (Å²) in [6.45, 7) is 0.918. The van der Waals surface area contributed by atoms with Crippen LogP contribution in [0, 0.1) is 0 Å². The first kappa shape index (κ1) is 16.6. The summed E-state index contributed by atoms with van der Waals surface area (Å²) in [5, 5.41) is 10.9. The number of amides is 2. The minimum Gasteiger partial charge on any atom is -0.395 e. The maximum Gasteiger partial charge on any atom is 0.264 e. The van der Waals surface area contributed by atoms with E-state index in [0.717, 1.165) is 11.3 Å². The lowest BCUT2D eigenvalue weighted by molar-refractivity contribution is -0.132. The number of aliphatic hydroxyl groups excluding tert-OH is 1. The molecule has 3 heterocycles. The number of fused-ring (bicyclic) bond motifs is 1. The third-order valence-electron chi connectivity index (χ3n) is 4.15. The van der Waals surface area contributed by atoms with E-state index >= 15 is 0 Å². The van der Waals surface area contributed by atoms with Crippen LogP contribution in [0.4, 0.5) is 0 Å². The molecule has 1 N–H and O–H groups in total. The van der Waals surface area contributed by atoms with Gasteiger partial charge in [0.2, 0.25) is 5.91 Å². The van der Waals surface area contributed by atoms with E-state index in [9.17, 15) is 9.59 Å². The van der Waals surface area contributed by atoms with Crippen LogP contribution in [0.5, 0.6) is 0 Å². The standard InChI is InChI=1S/C17H19N3O3S/c1-19(7-8-21)16(22)13-11-20(17(23)14-5-3-9-24-14)10-12-4-2-6-18-15(12)13/h2-6,9,13,21H,7-8,10-11H2,1H3. The topological polar surface area (TPSA) is 73.7 Å². The van der Waals surface area contributed by atoms with Crippen molar-refractivity contribution in [1.29, 1.82) is 0 Å². The zero-order valence-corrected chi connectivity index (χ0v) is 14.2. The van der Waals surface area contributed by atoms with Gasteiger partial charge >= 0.3 is 0 Å². The van der Waals surface area contributed by atoms with Crippen LogP contribution in [-0.2, 0) is 11.3 Å². The largest absolute Gasteiger partial charge is 0.395 e. The molecule has 0 saturated carbocycles. The summed E-state index contributed by atoms with van der Waals surface area (Å²) >= 11 is 1.39. The van der Waals surface area contributed by atoms with Crippen molar-refractivity contribution in [3.63, 3.8) is 0 Å². The average Bonchev–Trinajstić information content (AvgIpc) is 3.14. The van der Waals surface area contributed by atoms with Gasteiger partial charge in [0.1, 0.15) is 0 Å². The number of rotatable bonds is 4. The smallest absolute Gasteiger partial charge is 0.264 e. The van der Waals surface area contributed by atoms with Gasteiger partial charge in [0.15, 0.2) is 0 Å². The predicted octanol–water partition coefficient (Wildman–Crippen LogP) is 1.33. The third-order valence-corrected chi connectivity index (χ3v) is 5.01. The van der Waals surface area contributed by atoms with Crippen LogP contribution in [0.1, 0.15) is 26.8 Å². The van der Waals surface area contributed by atoms with Gasteiger partial charge in [-0.05, 0) is 23.1 Å². The Morgan fingerprint density at radius 2 is 2.25 bits per heavy atom. The first-order valence-electron chi connectivity index (χ1n) is 7.74. The zero-order valence-electron chi connectivity index (χ0n) is 13.4. The van der Waals surface area contributed by atoms with Gasteiger partial charge in [-0.25, -0.2) is 0 Å². The average molecular weight is 345 g/mol. The second kappa shape index (κ2) is 7.11. The number of hydrogen-bond donors (Lipinski definition) is 1. The number of carbonyl (C=O) groups is 2. The van der Waals surface area contributed by atoms with Crippen molar-refractivity contribution in [2.45, 2.75) is 12.5 Å². The fourth-order valence-electron chi connectivity index (χ4n) is 2.91. The van der Waals surface area contributed by atoms with Crippen LogP contribution < -0.4 is 0 Å². The molecule has 1 unspecified atom stereocenters. The van der Waals surface area contributed by atoms with E-state index in [1.165, 1.54) is 16.2 Å². The van der Waals surface area contributed by atoms with Crippen molar-refractivity contribution in [3.8, 4) is 0 Å². The summed E-state index contributed by atoms with van der Waals surface area (Å²) in [5.41, 5.74) is 1.62. The lowest BCUT2D eigenvalue weighted by Crippen LogP contribution is -2.45. The van der Waals surface area contributed by atoms with Crippen LogP contribution in [0.15, 0.2) is 35.8 Å². The van der Waals surface area contributed by atoms with Crippen molar-refractivity contribution < 1.29 is 14.7 Å². The van der Waals surface area contributed by atoms with Crippen LogP contribution in [0.25, 0.3) is 0 Å². The van der Waals surface area contributed by atoms with Crippen LogP contribution in [-0.4, -0.2) is 58.4 Å². The Balaban J connectivity index is 1.90. The van der Waals surface area contributed by atoms with Gasteiger partial charge in [-0.2, -0.15) is 0 Å². The van der Waals surface area contributed by atoms with E-state index in [4.69, 9.17) is 5.11 Å². The Bertz CT molecular complexity index is 732. The molecule has 0 aliphatic carbocycles. The minimum absolute atomic E-state index is 0.0675. The SMILES string of the molecule is CN(CCO)C(=O)C1CN(C(=O)c2cccs2)Cc2cccnc21. The van der Waals surface area contributed by atoms with Gasteiger partial charge in [-0.1, -0.05) is 12.1 Å². The summed E-state index contributed by atoms with van der Waals surface area (Å²) in [6, 6.07) is 7.36. The number of hydrogen-bond acceptors (Lipinski definition) is 5. The van der Waals surface area contributed by atoms with E-state index in [1.54, 1.807) is 24.2 Å². The maximum absolute atomic E-state index is 12.7. The highest BCUT2D eigenvalue weighted by atomic mass is 32.1. The Morgan fingerprint density at radius 1 is 1.42 bits per heavy atom. The quantitative estimate of drug-likeness (QED) is 0.907. The predicted molar refractivity (Wildman–Crippen MR) is 90.8 cm³/mol. The number of carbonyl (C=O) groups excluding carboxylic acids is 2. The lowest BCUT2D eigenvalue weighted by Gasteiger charge is -2.34. The molecule has 0 aromatic carbocycles. The summed E-state index contributed by atoms with van der Waals surface area (Å²) in [6.07, 6.45) is 1.67. The monoisotopic (exact) mass is 345 g/mol. The molecule has 7 heteroatoms. The van der Waals surface area contributed by atoms with E-state index in [2.05, 4.69) is 4.98 Å². The van der Waals surface area contributed by atoms with Crippen molar-refractivity contribution >= 4 is 23.2 Å². The van der Waals surface area contributed by atoms with Crippen molar-refractivity contribution in [3.05, 3.63) is 52.0 Å². The van der Waals surface area contributed by atoms with Crippen molar-refractivity contribution in [2.75, 3.05) is 26.7 Å². The molecule has 6 nitrogen and oxygen atoms in total. The van der Waals surface area contributed by atoms with Gasteiger partial charge < -0.3 is 14.9 Å². The molecule has 24 heavy (non-hydrogen) atoms. The van der Waals surface area contributed by atoms with Gasteiger partial charge in [-0.3, -0.25) is 14.6 Å².